The number of ether oxygens (including phenoxy) is 2. The molecular weight excluding hydrogens is 400 g/mol. The predicted octanol–water partition coefficient (Wildman–Crippen LogP) is 2.33. The van der Waals surface area contributed by atoms with Gasteiger partial charge < -0.3 is 25.8 Å². The summed E-state index contributed by atoms with van der Waals surface area (Å²) in [6.07, 6.45) is 0.913. The average Bonchev–Trinajstić information content (AvgIpc) is 3.14. The Hall–Kier alpha value is -4.08. The summed E-state index contributed by atoms with van der Waals surface area (Å²) >= 11 is 0. The molecule has 0 aliphatic heterocycles. The van der Waals surface area contributed by atoms with Gasteiger partial charge in [-0.2, -0.15) is 0 Å². The van der Waals surface area contributed by atoms with Gasteiger partial charge in [-0.3, -0.25) is 9.59 Å². The van der Waals surface area contributed by atoms with E-state index in [4.69, 9.17) is 15.2 Å². The molecule has 3 aromatic rings. The normalized spacial score (nSPS) is 10.4. The molecule has 0 aliphatic rings. The van der Waals surface area contributed by atoms with Gasteiger partial charge in [-0.05, 0) is 36.2 Å². The van der Waals surface area contributed by atoms with E-state index in [1.165, 1.54) is 19.8 Å². The summed E-state index contributed by atoms with van der Waals surface area (Å²) in [5.74, 6) is 0.00827. The van der Waals surface area contributed by atoms with E-state index >= 15 is 0 Å². The number of hydrogen-bond acceptors (Lipinski definition) is 7. The van der Waals surface area contributed by atoms with Crippen molar-refractivity contribution < 1.29 is 19.1 Å². The third-order valence-corrected chi connectivity index (χ3v) is 4.58. The number of anilines is 3. The summed E-state index contributed by atoms with van der Waals surface area (Å²) in [4.78, 5) is 25.0. The van der Waals surface area contributed by atoms with E-state index in [2.05, 4.69) is 27.9 Å². The standard InChI is InChI=1S/C21H24N6O4/c1-4-13-5-7-14(8-6-13)23-18(28)12-27-20(22)19(25-26-27)21(29)24-16-11-15(30-2)9-10-17(16)31-3/h5-11H,4,12,22H2,1-3H3,(H,23,28)(H,24,29). The monoisotopic (exact) mass is 424 g/mol. The molecule has 0 radical (unpaired) electrons. The highest BCUT2D eigenvalue weighted by Gasteiger charge is 2.20. The first-order valence-corrected chi connectivity index (χ1v) is 9.56. The number of aryl methyl sites for hydroxylation is 1. The summed E-state index contributed by atoms with van der Waals surface area (Å²) < 4.78 is 11.6. The molecule has 0 bridgehead atoms. The molecular formula is C21H24N6O4. The number of aromatic nitrogens is 3. The lowest BCUT2D eigenvalue weighted by Gasteiger charge is -2.11. The molecule has 0 saturated heterocycles. The molecule has 0 atom stereocenters. The maximum absolute atomic E-state index is 12.6. The Morgan fingerprint density at radius 3 is 2.45 bits per heavy atom. The summed E-state index contributed by atoms with van der Waals surface area (Å²) in [5, 5.41) is 13.1. The van der Waals surface area contributed by atoms with Crippen LogP contribution in [0.1, 0.15) is 23.0 Å². The Morgan fingerprint density at radius 2 is 1.81 bits per heavy atom. The first kappa shape index (κ1) is 21.6. The molecule has 10 nitrogen and oxygen atoms in total. The number of amides is 2. The summed E-state index contributed by atoms with van der Waals surface area (Å²) in [6.45, 7) is 1.86. The van der Waals surface area contributed by atoms with E-state index in [-0.39, 0.29) is 24.0 Å². The third kappa shape index (κ3) is 5.10. The Kier molecular flexibility index (Phi) is 6.71. The van der Waals surface area contributed by atoms with Crippen LogP contribution in [-0.2, 0) is 17.8 Å². The SMILES string of the molecule is CCc1ccc(NC(=O)Cn2nnc(C(=O)Nc3cc(OC)ccc3OC)c2N)cc1. The van der Waals surface area contributed by atoms with Crippen molar-refractivity contribution in [2.24, 2.45) is 0 Å². The van der Waals surface area contributed by atoms with Crippen molar-refractivity contribution in [1.82, 2.24) is 15.0 Å². The molecule has 0 saturated carbocycles. The van der Waals surface area contributed by atoms with Gasteiger partial charge in [0.15, 0.2) is 11.5 Å². The molecule has 2 amide bonds. The van der Waals surface area contributed by atoms with Gasteiger partial charge in [0, 0.05) is 11.8 Å². The second-order valence-electron chi connectivity index (χ2n) is 6.60. The van der Waals surface area contributed by atoms with Crippen LogP contribution in [0, 0.1) is 0 Å². The van der Waals surface area contributed by atoms with Crippen LogP contribution in [0.3, 0.4) is 0 Å². The maximum atomic E-state index is 12.6. The van der Waals surface area contributed by atoms with Crippen LogP contribution in [0.2, 0.25) is 0 Å². The van der Waals surface area contributed by atoms with Crippen molar-refractivity contribution in [2.75, 3.05) is 30.6 Å². The molecule has 0 unspecified atom stereocenters. The number of carbonyl (C=O) groups is 2. The largest absolute Gasteiger partial charge is 0.497 e. The molecule has 31 heavy (non-hydrogen) atoms. The molecule has 3 rings (SSSR count). The lowest BCUT2D eigenvalue weighted by molar-refractivity contribution is -0.116. The van der Waals surface area contributed by atoms with Crippen molar-refractivity contribution in [3.8, 4) is 11.5 Å². The molecule has 2 aromatic carbocycles. The van der Waals surface area contributed by atoms with Crippen LogP contribution in [0.25, 0.3) is 0 Å². The first-order valence-electron chi connectivity index (χ1n) is 9.56. The fourth-order valence-electron chi connectivity index (χ4n) is 2.85. The van der Waals surface area contributed by atoms with Crippen molar-refractivity contribution >= 4 is 29.0 Å². The Bertz CT molecular complexity index is 1080. The third-order valence-electron chi connectivity index (χ3n) is 4.58. The number of nitrogens with two attached hydrogens (primary N) is 1. The van der Waals surface area contributed by atoms with Gasteiger partial charge in [0.2, 0.25) is 5.91 Å². The lowest BCUT2D eigenvalue weighted by Crippen LogP contribution is -2.21. The zero-order valence-electron chi connectivity index (χ0n) is 17.5. The zero-order chi connectivity index (χ0) is 22.4. The number of nitrogens with one attached hydrogen (secondary N) is 2. The van der Waals surface area contributed by atoms with E-state index in [1.807, 2.05) is 24.3 Å². The van der Waals surface area contributed by atoms with Crippen LogP contribution in [0.5, 0.6) is 11.5 Å². The van der Waals surface area contributed by atoms with Crippen molar-refractivity contribution in [1.29, 1.82) is 0 Å². The van der Waals surface area contributed by atoms with Crippen molar-refractivity contribution in [3.05, 3.63) is 53.7 Å². The lowest BCUT2D eigenvalue weighted by atomic mass is 10.1. The van der Waals surface area contributed by atoms with E-state index in [0.717, 1.165) is 11.1 Å². The molecule has 0 spiro atoms. The molecule has 0 aliphatic carbocycles. The molecule has 162 valence electrons. The van der Waals surface area contributed by atoms with E-state index in [1.54, 1.807) is 18.2 Å². The minimum absolute atomic E-state index is 0.0316. The van der Waals surface area contributed by atoms with Gasteiger partial charge in [-0.1, -0.05) is 24.3 Å². The number of hydrogen-bond donors (Lipinski definition) is 3. The number of benzene rings is 2. The van der Waals surface area contributed by atoms with Gasteiger partial charge in [-0.15, -0.1) is 5.10 Å². The van der Waals surface area contributed by atoms with Gasteiger partial charge in [0.1, 0.15) is 18.0 Å². The number of carbonyl (C=O) groups excluding carboxylic acids is 2. The minimum atomic E-state index is -0.592. The zero-order valence-corrected chi connectivity index (χ0v) is 17.5. The van der Waals surface area contributed by atoms with E-state index in [9.17, 15) is 9.59 Å². The summed E-state index contributed by atoms with van der Waals surface area (Å²) in [6, 6.07) is 12.5. The highest BCUT2D eigenvalue weighted by atomic mass is 16.5. The summed E-state index contributed by atoms with van der Waals surface area (Å²) in [7, 11) is 3.00. The van der Waals surface area contributed by atoms with Crippen molar-refractivity contribution in [2.45, 2.75) is 19.9 Å². The fraction of sp³-hybridized carbons (Fsp3) is 0.238. The van der Waals surface area contributed by atoms with Gasteiger partial charge in [0.05, 0.1) is 19.9 Å². The Balaban J connectivity index is 1.69. The number of nitrogen functional groups attached to an aromatic ring is 1. The Labute approximate surface area is 179 Å². The maximum Gasteiger partial charge on any atom is 0.280 e. The van der Waals surface area contributed by atoms with E-state index in [0.29, 0.717) is 22.9 Å². The highest BCUT2D eigenvalue weighted by Crippen LogP contribution is 2.29. The predicted molar refractivity (Wildman–Crippen MR) is 116 cm³/mol. The minimum Gasteiger partial charge on any atom is -0.497 e. The molecule has 1 aromatic heterocycles. The Morgan fingerprint density at radius 1 is 1.06 bits per heavy atom. The molecule has 10 heteroatoms. The first-order chi connectivity index (χ1) is 14.9. The van der Waals surface area contributed by atoms with Crippen molar-refractivity contribution in [3.63, 3.8) is 0 Å². The van der Waals surface area contributed by atoms with Crippen LogP contribution in [0.15, 0.2) is 42.5 Å². The average molecular weight is 424 g/mol. The van der Waals surface area contributed by atoms with Gasteiger partial charge in [0.25, 0.3) is 5.91 Å². The van der Waals surface area contributed by atoms with E-state index < -0.39 is 5.91 Å². The fourth-order valence-corrected chi connectivity index (χ4v) is 2.85. The van der Waals surface area contributed by atoms with Crippen LogP contribution in [0.4, 0.5) is 17.2 Å². The smallest absolute Gasteiger partial charge is 0.280 e. The summed E-state index contributed by atoms with van der Waals surface area (Å²) in [5.41, 5.74) is 8.11. The van der Waals surface area contributed by atoms with Crippen LogP contribution in [-0.4, -0.2) is 41.0 Å². The van der Waals surface area contributed by atoms with Gasteiger partial charge in [-0.25, -0.2) is 4.68 Å². The van der Waals surface area contributed by atoms with Crippen LogP contribution < -0.4 is 25.8 Å². The number of methoxy groups -OCH3 is 2. The van der Waals surface area contributed by atoms with Gasteiger partial charge >= 0.3 is 0 Å². The number of rotatable bonds is 8. The highest BCUT2D eigenvalue weighted by molar-refractivity contribution is 6.06. The number of nitrogens with zero attached hydrogens (tertiary/aromatic N) is 3. The molecule has 4 N–H and O–H groups in total. The molecule has 0 fully saturated rings. The second-order valence-corrected chi connectivity index (χ2v) is 6.60. The second kappa shape index (κ2) is 9.61. The quantitative estimate of drug-likeness (QED) is 0.505. The topological polar surface area (TPSA) is 133 Å². The van der Waals surface area contributed by atoms with Crippen LogP contribution >= 0.6 is 0 Å². The molecule has 1 heterocycles.